The first kappa shape index (κ1) is 18.9. The Morgan fingerprint density at radius 2 is 1.86 bits per heavy atom. The summed E-state index contributed by atoms with van der Waals surface area (Å²) in [5, 5.41) is 6.04. The smallest absolute Gasteiger partial charge is 0.241 e. The van der Waals surface area contributed by atoms with E-state index >= 15 is 0 Å². The molecule has 0 saturated carbocycles. The molecule has 1 aliphatic rings. The van der Waals surface area contributed by atoms with Crippen LogP contribution in [0.5, 0.6) is 5.75 Å². The van der Waals surface area contributed by atoms with Crippen LogP contribution in [-0.4, -0.2) is 55.1 Å². The van der Waals surface area contributed by atoms with Crippen LogP contribution in [0.1, 0.15) is 48.6 Å². The van der Waals surface area contributed by atoms with Crippen molar-refractivity contribution >= 4 is 33.2 Å². The Hall–Kier alpha value is -3.21. The molecule has 37 heavy (non-hydrogen) atoms. The molecule has 4 rings (SSSR count). The van der Waals surface area contributed by atoms with E-state index in [-0.39, 0.29) is 28.5 Å². The molecule has 1 fully saturated rings. The summed E-state index contributed by atoms with van der Waals surface area (Å²) in [6.07, 6.45) is 2.39. The standard InChI is InChI=1S/C27H36N6O3S/c1-20-19-28-26(30-21-10-12-23(13-11-21)36-17-16-33-14-5-6-15-33)31-25(20)29-22-8-7-9-24(18-22)37(34,35)32-27(2,3)4/h7-13,18-19,32H,5-6,14-17H2,1-4H3,(H2,28,29,30,31)/i2D3,3D3,19D. The zero-order chi connectivity index (χ0) is 32.3. The molecule has 0 bridgehead atoms. The highest BCUT2D eigenvalue weighted by molar-refractivity contribution is 7.89. The van der Waals surface area contributed by atoms with E-state index in [0.717, 1.165) is 32.3 Å². The molecule has 3 N–H and O–H groups in total. The van der Waals surface area contributed by atoms with Gasteiger partial charge in [0, 0.05) is 43.4 Å². The van der Waals surface area contributed by atoms with E-state index in [2.05, 4.69) is 25.5 Å². The highest BCUT2D eigenvalue weighted by Crippen LogP contribution is 2.24. The molecule has 0 amide bonds. The number of hydrogen-bond donors (Lipinski definition) is 3. The predicted molar refractivity (Wildman–Crippen MR) is 147 cm³/mol. The highest BCUT2D eigenvalue weighted by atomic mass is 32.2. The Bertz CT molecular complexity index is 1550. The number of rotatable bonds is 10. The minimum Gasteiger partial charge on any atom is -0.492 e. The second kappa shape index (κ2) is 11.5. The summed E-state index contributed by atoms with van der Waals surface area (Å²) >= 11 is 0. The van der Waals surface area contributed by atoms with Crippen molar-refractivity contribution in [3.8, 4) is 5.75 Å². The number of ether oxygens (including phenoxy) is 1. The first-order valence-electron chi connectivity index (χ1n) is 15.5. The Morgan fingerprint density at radius 1 is 1.11 bits per heavy atom. The summed E-state index contributed by atoms with van der Waals surface area (Å²) in [5.74, 6) is 1.08. The van der Waals surface area contributed by atoms with Gasteiger partial charge in [0.15, 0.2) is 0 Å². The molecular weight excluding hydrogens is 488 g/mol. The SMILES string of the molecule is [2H]c1nc(Nc2ccc(OCCN3CCCC3)cc2)nc(Nc2cccc(S(=O)(=O)NC(C)(C([2H])([2H])[2H])C([2H])([2H])[2H])c2)c1C. The van der Waals surface area contributed by atoms with E-state index in [1.165, 1.54) is 31.0 Å². The molecule has 0 aliphatic carbocycles. The number of nitrogens with one attached hydrogen (secondary N) is 3. The van der Waals surface area contributed by atoms with Crippen molar-refractivity contribution in [1.29, 1.82) is 0 Å². The largest absolute Gasteiger partial charge is 0.492 e. The summed E-state index contributed by atoms with van der Waals surface area (Å²) in [7, 11) is -4.58. The molecule has 0 spiro atoms. The number of sulfonamides is 1. The third-order valence-electron chi connectivity index (χ3n) is 5.63. The van der Waals surface area contributed by atoms with Crippen LogP contribution >= 0.6 is 0 Å². The molecule has 0 atom stereocenters. The lowest BCUT2D eigenvalue weighted by Gasteiger charge is -2.20. The zero-order valence-electron chi connectivity index (χ0n) is 27.8. The number of likely N-dealkylation sites (tertiary alicyclic amines) is 1. The van der Waals surface area contributed by atoms with E-state index in [9.17, 15) is 8.42 Å². The summed E-state index contributed by atoms with van der Waals surface area (Å²) in [6, 6.07) is 12.6. The first-order chi connectivity index (χ1) is 20.5. The van der Waals surface area contributed by atoms with Crippen molar-refractivity contribution < 1.29 is 22.7 Å². The normalized spacial score (nSPS) is 17.9. The number of hydrogen-bond acceptors (Lipinski definition) is 8. The van der Waals surface area contributed by atoms with E-state index in [1.54, 1.807) is 25.1 Å². The molecule has 0 radical (unpaired) electrons. The molecule has 0 unspecified atom stereocenters. The molecule has 198 valence electrons. The molecule has 3 aromatic rings. The lowest BCUT2D eigenvalue weighted by Crippen LogP contribution is -2.40. The van der Waals surface area contributed by atoms with Crippen molar-refractivity contribution in [2.24, 2.45) is 0 Å². The Kier molecular flexibility index (Phi) is 5.86. The molecule has 1 aromatic heterocycles. The Morgan fingerprint density at radius 3 is 2.59 bits per heavy atom. The highest BCUT2D eigenvalue weighted by Gasteiger charge is 2.22. The lowest BCUT2D eigenvalue weighted by atomic mass is 10.1. The lowest BCUT2D eigenvalue weighted by molar-refractivity contribution is 0.238. The Balaban J connectivity index is 1.48. The van der Waals surface area contributed by atoms with Gasteiger partial charge in [0.1, 0.15) is 18.2 Å². The average molecular weight is 532 g/mol. The zero-order valence-corrected chi connectivity index (χ0v) is 21.7. The quantitative estimate of drug-likeness (QED) is 0.342. The van der Waals surface area contributed by atoms with Gasteiger partial charge >= 0.3 is 0 Å². The van der Waals surface area contributed by atoms with Crippen LogP contribution in [0.4, 0.5) is 23.1 Å². The van der Waals surface area contributed by atoms with E-state index in [0.29, 0.717) is 17.9 Å². The molecule has 9 nitrogen and oxygen atoms in total. The predicted octanol–water partition coefficient (Wildman–Crippen LogP) is 4.82. The molecule has 1 saturated heterocycles. The van der Waals surface area contributed by atoms with Gasteiger partial charge in [-0.15, -0.1) is 0 Å². The molecule has 2 aromatic carbocycles. The fourth-order valence-corrected chi connectivity index (χ4v) is 5.05. The monoisotopic (exact) mass is 531 g/mol. The van der Waals surface area contributed by atoms with Crippen LogP contribution in [-0.2, 0) is 10.0 Å². The van der Waals surface area contributed by atoms with Crippen LogP contribution in [0.2, 0.25) is 0 Å². The van der Waals surface area contributed by atoms with Gasteiger partial charge in [-0.3, -0.25) is 4.90 Å². The topological polar surface area (TPSA) is 108 Å². The van der Waals surface area contributed by atoms with Gasteiger partial charge in [-0.25, -0.2) is 18.1 Å². The molecule has 10 heteroatoms. The van der Waals surface area contributed by atoms with Gasteiger partial charge in [0.25, 0.3) is 0 Å². The van der Waals surface area contributed by atoms with Gasteiger partial charge < -0.3 is 15.4 Å². The minimum atomic E-state index is -4.58. The van der Waals surface area contributed by atoms with Gasteiger partial charge in [0.2, 0.25) is 16.0 Å². The maximum atomic E-state index is 13.2. The number of anilines is 4. The minimum absolute atomic E-state index is 0.0663. The average Bonchev–Trinajstić information content (AvgIpc) is 3.45. The van der Waals surface area contributed by atoms with Gasteiger partial charge in [-0.1, -0.05) is 6.07 Å². The van der Waals surface area contributed by atoms with Crippen molar-refractivity contribution in [2.45, 2.75) is 50.8 Å². The van der Waals surface area contributed by atoms with Crippen LogP contribution in [0.25, 0.3) is 0 Å². The Labute approximate surface area is 229 Å². The van der Waals surface area contributed by atoms with Gasteiger partial charge in [-0.05, 0) is 95.9 Å². The van der Waals surface area contributed by atoms with Gasteiger partial charge in [-0.2, -0.15) is 4.98 Å². The third-order valence-corrected chi connectivity index (χ3v) is 7.18. The maximum absolute atomic E-state index is 13.2. The van der Waals surface area contributed by atoms with Gasteiger partial charge in [0.05, 0.1) is 6.27 Å². The fraction of sp³-hybridized carbons (Fsp3) is 0.407. The van der Waals surface area contributed by atoms with E-state index < -0.39 is 29.3 Å². The van der Waals surface area contributed by atoms with E-state index in [4.69, 9.17) is 14.3 Å². The summed E-state index contributed by atoms with van der Waals surface area (Å²) < 4.78 is 88.4. The fourth-order valence-electron chi connectivity index (χ4n) is 3.85. The van der Waals surface area contributed by atoms with Crippen LogP contribution in [0.3, 0.4) is 0 Å². The number of aromatic nitrogens is 2. The number of benzene rings is 2. The second-order valence-electron chi connectivity index (χ2n) is 9.06. The summed E-state index contributed by atoms with van der Waals surface area (Å²) in [6.45, 7) is -0.158. The second-order valence-corrected chi connectivity index (χ2v) is 10.7. The van der Waals surface area contributed by atoms with Crippen molar-refractivity contribution in [2.75, 3.05) is 36.9 Å². The van der Waals surface area contributed by atoms with E-state index in [1.807, 2.05) is 16.9 Å². The molecular formula is C27H36N6O3S. The summed E-state index contributed by atoms with van der Waals surface area (Å²) in [5.41, 5.74) is -1.43. The molecule has 2 heterocycles. The van der Waals surface area contributed by atoms with Crippen molar-refractivity contribution in [1.82, 2.24) is 19.6 Å². The van der Waals surface area contributed by atoms with Crippen LogP contribution < -0.4 is 20.1 Å². The van der Waals surface area contributed by atoms with Crippen LogP contribution in [0.15, 0.2) is 59.6 Å². The molecule has 1 aliphatic heterocycles. The summed E-state index contributed by atoms with van der Waals surface area (Å²) in [4.78, 5) is 10.6. The van der Waals surface area contributed by atoms with Crippen molar-refractivity contribution in [3.05, 3.63) is 60.3 Å². The first-order valence-corrected chi connectivity index (χ1v) is 13.5. The maximum Gasteiger partial charge on any atom is 0.241 e. The third kappa shape index (κ3) is 7.88. The van der Waals surface area contributed by atoms with Crippen molar-refractivity contribution in [3.63, 3.8) is 0 Å². The van der Waals surface area contributed by atoms with Crippen LogP contribution in [0, 0.1) is 6.92 Å². The number of nitrogens with zero attached hydrogens (tertiary/aromatic N) is 3.